The molecule has 1 aliphatic heterocycles. The number of sulfonamides is 1. The molecular formula is C24H32FN3O3S. The largest absolute Gasteiger partial charge is 0.350 e. The van der Waals surface area contributed by atoms with E-state index in [2.05, 4.69) is 5.32 Å². The van der Waals surface area contributed by atoms with Crippen molar-refractivity contribution in [2.75, 3.05) is 27.2 Å². The van der Waals surface area contributed by atoms with Crippen molar-refractivity contribution < 1.29 is 17.6 Å². The lowest BCUT2D eigenvalue weighted by Gasteiger charge is -2.32. The standard InChI is InChI=1S/C24H32FN3O3S/c1-17-8-13-21(32(30,31)28-14-6-5-7-18(28)2)15-22(17)24(29)26-16-23(27(3)4)19-9-11-20(25)12-10-19/h8-13,15,18,23H,5-7,14,16H2,1-4H3,(H,26,29). The minimum absolute atomic E-state index is 0.0520. The SMILES string of the molecule is Cc1ccc(S(=O)(=O)N2CCCCC2C)cc1C(=O)NCC(c1ccc(F)cc1)N(C)C. The lowest BCUT2D eigenvalue weighted by Crippen LogP contribution is -2.42. The Balaban J connectivity index is 1.80. The molecule has 2 aromatic rings. The van der Waals surface area contributed by atoms with Gasteiger partial charge < -0.3 is 10.2 Å². The second-order valence-electron chi connectivity index (χ2n) is 8.68. The average Bonchev–Trinajstić information content (AvgIpc) is 2.75. The van der Waals surface area contributed by atoms with Crippen LogP contribution in [-0.4, -0.2) is 56.8 Å². The van der Waals surface area contributed by atoms with Crippen molar-refractivity contribution in [3.8, 4) is 0 Å². The molecule has 2 aromatic carbocycles. The second-order valence-corrected chi connectivity index (χ2v) is 10.6. The Kier molecular flexibility index (Phi) is 7.69. The maximum atomic E-state index is 13.3. The van der Waals surface area contributed by atoms with Gasteiger partial charge in [-0.05, 0) is 76.2 Å². The van der Waals surface area contributed by atoms with Gasteiger partial charge in [-0.1, -0.05) is 24.6 Å². The van der Waals surface area contributed by atoms with Gasteiger partial charge in [0.1, 0.15) is 5.82 Å². The van der Waals surface area contributed by atoms with E-state index in [-0.39, 0.29) is 28.7 Å². The highest BCUT2D eigenvalue weighted by Crippen LogP contribution is 2.26. The van der Waals surface area contributed by atoms with Crippen molar-refractivity contribution in [3.63, 3.8) is 0 Å². The predicted molar refractivity (Wildman–Crippen MR) is 124 cm³/mol. The Labute approximate surface area is 190 Å². The van der Waals surface area contributed by atoms with E-state index in [0.717, 1.165) is 24.8 Å². The van der Waals surface area contributed by atoms with E-state index in [4.69, 9.17) is 0 Å². The molecule has 0 saturated carbocycles. The summed E-state index contributed by atoms with van der Waals surface area (Å²) in [4.78, 5) is 15.1. The van der Waals surface area contributed by atoms with E-state index in [1.54, 1.807) is 35.5 Å². The zero-order valence-electron chi connectivity index (χ0n) is 19.1. The van der Waals surface area contributed by atoms with E-state index in [1.165, 1.54) is 18.2 Å². The molecule has 1 aliphatic rings. The summed E-state index contributed by atoms with van der Waals surface area (Å²) in [6, 6.07) is 10.7. The summed E-state index contributed by atoms with van der Waals surface area (Å²) in [7, 11) is 0.108. The molecule has 1 amide bonds. The van der Waals surface area contributed by atoms with Crippen LogP contribution >= 0.6 is 0 Å². The number of nitrogens with zero attached hydrogens (tertiary/aromatic N) is 2. The summed E-state index contributed by atoms with van der Waals surface area (Å²) < 4.78 is 41.2. The molecule has 6 nitrogen and oxygen atoms in total. The van der Waals surface area contributed by atoms with E-state index >= 15 is 0 Å². The summed E-state index contributed by atoms with van der Waals surface area (Å²) >= 11 is 0. The average molecular weight is 462 g/mol. The molecule has 1 N–H and O–H groups in total. The van der Waals surface area contributed by atoms with Gasteiger partial charge in [0.05, 0.1) is 10.9 Å². The normalized spacial score (nSPS) is 18.5. The monoisotopic (exact) mass is 461 g/mol. The number of rotatable bonds is 7. The summed E-state index contributed by atoms with van der Waals surface area (Å²) in [6.45, 7) is 4.52. The first-order valence-corrected chi connectivity index (χ1v) is 12.4. The maximum Gasteiger partial charge on any atom is 0.251 e. The lowest BCUT2D eigenvalue weighted by molar-refractivity contribution is 0.0941. The predicted octanol–water partition coefficient (Wildman–Crippen LogP) is 3.73. The maximum absolute atomic E-state index is 13.3. The summed E-state index contributed by atoms with van der Waals surface area (Å²) in [5.41, 5.74) is 1.92. The number of hydrogen-bond acceptors (Lipinski definition) is 4. The third kappa shape index (κ3) is 5.36. The van der Waals surface area contributed by atoms with Gasteiger partial charge in [-0.15, -0.1) is 0 Å². The Bertz CT molecular complexity index is 1050. The third-order valence-corrected chi connectivity index (χ3v) is 8.15. The summed E-state index contributed by atoms with van der Waals surface area (Å²) in [6.07, 6.45) is 2.71. The lowest BCUT2D eigenvalue weighted by atomic mass is 10.0. The van der Waals surface area contributed by atoms with E-state index in [0.29, 0.717) is 24.2 Å². The number of carbonyl (C=O) groups excluding carboxylic acids is 1. The van der Waals surface area contributed by atoms with Gasteiger partial charge in [-0.3, -0.25) is 4.79 Å². The highest BCUT2D eigenvalue weighted by molar-refractivity contribution is 7.89. The molecule has 0 aromatic heterocycles. The first-order valence-electron chi connectivity index (χ1n) is 10.9. The van der Waals surface area contributed by atoms with Crippen molar-refractivity contribution in [2.24, 2.45) is 0 Å². The van der Waals surface area contributed by atoms with Crippen molar-refractivity contribution in [1.82, 2.24) is 14.5 Å². The minimum Gasteiger partial charge on any atom is -0.350 e. The van der Waals surface area contributed by atoms with Gasteiger partial charge in [-0.2, -0.15) is 4.31 Å². The van der Waals surface area contributed by atoms with Crippen LogP contribution in [0, 0.1) is 12.7 Å². The van der Waals surface area contributed by atoms with E-state index in [9.17, 15) is 17.6 Å². The molecular weight excluding hydrogens is 429 g/mol. The molecule has 0 radical (unpaired) electrons. The fraction of sp³-hybridized carbons (Fsp3) is 0.458. The van der Waals surface area contributed by atoms with Gasteiger partial charge >= 0.3 is 0 Å². The summed E-state index contributed by atoms with van der Waals surface area (Å²) in [5.74, 6) is -0.646. The molecule has 1 heterocycles. The number of halogens is 1. The Morgan fingerprint density at radius 1 is 1.19 bits per heavy atom. The van der Waals surface area contributed by atoms with Gasteiger partial charge in [0.15, 0.2) is 0 Å². The van der Waals surface area contributed by atoms with Gasteiger partial charge in [0.25, 0.3) is 5.91 Å². The van der Waals surface area contributed by atoms with Crippen LogP contribution in [0.3, 0.4) is 0 Å². The smallest absolute Gasteiger partial charge is 0.251 e. The molecule has 32 heavy (non-hydrogen) atoms. The van der Waals surface area contributed by atoms with E-state index in [1.807, 2.05) is 25.9 Å². The number of piperidine rings is 1. The molecule has 0 spiro atoms. The van der Waals surface area contributed by atoms with Crippen molar-refractivity contribution in [3.05, 3.63) is 65.0 Å². The molecule has 0 bridgehead atoms. The first kappa shape index (κ1) is 24.4. The van der Waals surface area contributed by atoms with Crippen LogP contribution in [0.4, 0.5) is 4.39 Å². The van der Waals surface area contributed by atoms with E-state index < -0.39 is 10.0 Å². The summed E-state index contributed by atoms with van der Waals surface area (Å²) in [5, 5.41) is 2.92. The van der Waals surface area contributed by atoms with Crippen LogP contribution in [0.5, 0.6) is 0 Å². The number of hydrogen-bond donors (Lipinski definition) is 1. The number of nitrogens with one attached hydrogen (secondary N) is 1. The minimum atomic E-state index is -3.67. The highest BCUT2D eigenvalue weighted by atomic mass is 32.2. The number of likely N-dealkylation sites (N-methyl/N-ethyl adjacent to an activating group) is 1. The Hall–Kier alpha value is -2.29. The van der Waals surface area contributed by atoms with Crippen LogP contribution in [0.2, 0.25) is 0 Å². The molecule has 2 unspecified atom stereocenters. The fourth-order valence-electron chi connectivity index (χ4n) is 4.14. The van der Waals surface area contributed by atoms with Crippen LogP contribution in [0.1, 0.15) is 53.7 Å². The van der Waals surface area contributed by atoms with Crippen LogP contribution in [-0.2, 0) is 10.0 Å². The van der Waals surface area contributed by atoms with Crippen LogP contribution in [0.15, 0.2) is 47.4 Å². The van der Waals surface area contributed by atoms with Crippen LogP contribution < -0.4 is 5.32 Å². The fourth-order valence-corrected chi connectivity index (χ4v) is 5.86. The van der Waals surface area contributed by atoms with Gasteiger partial charge in [0.2, 0.25) is 10.0 Å². The molecule has 1 saturated heterocycles. The number of amides is 1. The topological polar surface area (TPSA) is 69.7 Å². The molecule has 3 rings (SSSR count). The molecule has 1 fully saturated rings. The first-order chi connectivity index (χ1) is 15.1. The molecule has 2 atom stereocenters. The van der Waals surface area contributed by atoms with Crippen LogP contribution in [0.25, 0.3) is 0 Å². The second kappa shape index (κ2) is 10.1. The number of benzene rings is 2. The number of carbonyl (C=O) groups is 1. The number of aryl methyl sites for hydroxylation is 1. The zero-order chi connectivity index (χ0) is 23.5. The Morgan fingerprint density at radius 3 is 2.50 bits per heavy atom. The zero-order valence-corrected chi connectivity index (χ0v) is 20.0. The molecule has 174 valence electrons. The van der Waals surface area contributed by atoms with Crippen molar-refractivity contribution in [2.45, 2.75) is 50.1 Å². The quantitative estimate of drug-likeness (QED) is 0.682. The van der Waals surface area contributed by atoms with Crippen molar-refractivity contribution in [1.29, 1.82) is 0 Å². The third-order valence-electron chi connectivity index (χ3n) is 6.14. The van der Waals surface area contributed by atoms with Crippen molar-refractivity contribution >= 4 is 15.9 Å². The highest BCUT2D eigenvalue weighted by Gasteiger charge is 2.31. The van der Waals surface area contributed by atoms with Gasteiger partial charge in [0, 0.05) is 24.7 Å². The Morgan fingerprint density at radius 2 is 1.88 bits per heavy atom. The molecule has 0 aliphatic carbocycles. The molecule has 8 heteroatoms. The van der Waals surface area contributed by atoms with Gasteiger partial charge in [-0.25, -0.2) is 12.8 Å².